The van der Waals surface area contributed by atoms with Crippen molar-refractivity contribution in [3.8, 4) is 6.07 Å². The van der Waals surface area contributed by atoms with Gasteiger partial charge in [-0.05, 0) is 18.4 Å². The van der Waals surface area contributed by atoms with Crippen LogP contribution in [0, 0.1) is 28.6 Å². The van der Waals surface area contributed by atoms with Crippen LogP contribution in [0.4, 0.5) is 0 Å². The zero-order chi connectivity index (χ0) is 11.4. The lowest BCUT2D eigenvalue weighted by atomic mass is 9.93. The van der Waals surface area contributed by atoms with Gasteiger partial charge in [0.25, 0.3) is 0 Å². The molecule has 0 N–H and O–H groups in total. The Kier molecular flexibility index (Phi) is 5.15. The van der Waals surface area contributed by atoms with E-state index in [2.05, 4.69) is 52.6 Å². The minimum Gasteiger partial charge on any atom is -0.305 e. The van der Waals surface area contributed by atoms with Crippen LogP contribution in [0.1, 0.15) is 34.6 Å². The normalized spacial score (nSPS) is 14.5. The van der Waals surface area contributed by atoms with Gasteiger partial charge in [0.2, 0.25) is 0 Å². The molecule has 0 aromatic rings. The van der Waals surface area contributed by atoms with Crippen molar-refractivity contribution in [3.05, 3.63) is 0 Å². The van der Waals surface area contributed by atoms with E-state index in [1.54, 1.807) is 0 Å². The predicted molar refractivity (Wildman–Crippen MR) is 60.9 cm³/mol. The molecule has 0 saturated carbocycles. The predicted octanol–water partition coefficient (Wildman–Crippen LogP) is 2.76. The molecule has 0 bridgehead atoms. The highest BCUT2D eigenvalue weighted by atomic mass is 15.1. The summed E-state index contributed by atoms with van der Waals surface area (Å²) in [4.78, 5) is 2.26. The van der Waals surface area contributed by atoms with Crippen molar-refractivity contribution >= 4 is 0 Å². The van der Waals surface area contributed by atoms with Crippen LogP contribution in [0.15, 0.2) is 0 Å². The molecule has 82 valence electrons. The Hall–Kier alpha value is -0.550. The highest BCUT2D eigenvalue weighted by Gasteiger charge is 2.18. The zero-order valence-corrected chi connectivity index (χ0v) is 10.5. The number of nitrogens with zero attached hydrogens (tertiary/aromatic N) is 2. The van der Waals surface area contributed by atoms with Gasteiger partial charge in [0.05, 0.1) is 12.0 Å². The van der Waals surface area contributed by atoms with Gasteiger partial charge in [0, 0.05) is 13.1 Å². The summed E-state index contributed by atoms with van der Waals surface area (Å²) in [5, 5.41) is 8.97. The fraction of sp³-hybridized carbons (Fsp3) is 0.917. The smallest absolute Gasteiger partial charge is 0.0671 e. The second-order valence-corrected chi connectivity index (χ2v) is 5.74. The molecule has 0 saturated heterocycles. The van der Waals surface area contributed by atoms with Gasteiger partial charge in [-0.2, -0.15) is 5.26 Å². The molecule has 0 heterocycles. The van der Waals surface area contributed by atoms with Gasteiger partial charge in [-0.15, -0.1) is 0 Å². The highest BCUT2D eigenvalue weighted by molar-refractivity contribution is 4.87. The van der Waals surface area contributed by atoms with Crippen molar-refractivity contribution in [2.75, 3.05) is 20.1 Å². The molecule has 0 fully saturated rings. The van der Waals surface area contributed by atoms with Crippen molar-refractivity contribution in [2.45, 2.75) is 34.6 Å². The van der Waals surface area contributed by atoms with E-state index in [-0.39, 0.29) is 5.92 Å². The van der Waals surface area contributed by atoms with Gasteiger partial charge in [-0.3, -0.25) is 0 Å². The lowest BCUT2D eigenvalue weighted by molar-refractivity contribution is 0.199. The molecule has 0 rings (SSSR count). The molecule has 0 aromatic carbocycles. The molecule has 2 nitrogen and oxygen atoms in total. The van der Waals surface area contributed by atoms with Crippen molar-refractivity contribution in [1.29, 1.82) is 5.26 Å². The Morgan fingerprint density at radius 3 is 2.07 bits per heavy atom. The van der Waals surface area contributed by atoms with Crippen LogP contribution in [0.3, 0.4) is 0 Å². The maximum absolute atomic E-state index is 8.97. The van der Waals surface area contributed by atoms with Gasteiger partial charge in [0.15, 0.2) is 0 Å². The van der Waals surface area contributed by atoms with Crippen molar-refractivity contribution < 1.29 is 0 Å². The molecule has 2 heteroatoms. The van der Waals surface area contributed by atoms with Gasteiger partial charge in [-0.1, -0.05) is 34.6 Å². The second kappa shape index (κ2) is 5.36. The minimum atomic E-state index is 0.155. The van der Waals surface area contributed by atoms with Gasteiger partial charge in [0.1, 0.15) is 0 Å². The lowest BCUT2D eigenvalue weighted by Gasteiger charge is -2.28. The zero-order valence-electron chi connectivity index (χ0n) is 10.5. The monoisotopic (exact) mass is 196 g/mol. The first-order chi connectivity index (χ1) is 6.26. The Bertz CT molecular complexity index is 195. The minimum absolute atomic E-state index is 0.155. The first kappa shape index (κ1) is 13.4. The highest BCUT2D eigenvalue weighted by Crippen LogP contribution is 2.17. The van der Waals surface area contributed by atoms with E-state index in [0.717, 1.165) is 13.1 Å². The second-order valence-electron chi connectivity index (χ2n) is 5.74. The van der Waals surface area contributed by atoms with Crippen molar-refractivity contribution in [3.63, 3.8) is 0 Å². The Morgan fingerprint density at radius 2 is 1.79 bits per heavy atom. The molecule has 0 aliphatic carbocycles. The molecule has 1 unspecified atom stereocenters. The largest absolute Gasteiger partial charge is 0.305 e. The molecule has 0 aliphatic heterocycles. The van der Waals surface area contributed by atoms with Crippen molar-refractivity contribution in [2.24, 2.45) is 17.3 Å². The number of nitriles is 1. The molecule has 0 aromatic heterocycles. The van der Waals surface area contributed by atoms with E-state index in [9.17, 15) is 0 Å². The Balaban J connectivity index is 4.05. The molecule has 0 aliphatic rings. The lowest BCUT2D eigenvalue weighted by Crippen LogP contribution is -2.34. The van der Waals surface area contributed by atoms with E-state index < -0.39 is 0 Å². The quantitative estimate of drug-likeness (QED) is 0.691. The third-order valence-electron chi connectivity index (χ3n) is 2.22. The average Bonchev–Trinajstić information content (AvgIpc) is 1.96. The molecule has 14 heavy (non-hydrogen) atoms. The summed E-state index contributed by atoms with van der Waals surface area (Å²) in [5.74, 6) is 0.602. The van der Waals surface area contributed by atoms with Crippen LogP contribution in [0.5, 0.6) is 0 Å². The third-order valence-corrected chi connectivity index (χ3v) is 2.22. The summed E-state index contributed by atoms with van der Waals surface area (Å²) in [6, 6.07) is 2.38. The van der Waals surface area contributed by atoms with E-state index in [0.29, 0.717) is 11.3 Å². The molecule has 0 radical (unpaired) electrons. The SMILES string of the molecule is CC(C)C(C#N)CN(C)CC(C)(C)C. The van der Waals surface area contributed by atoms with E-state index in [1.807, 2.05) is 0 Å². The molecule has 0 amide bonds. The standard InChI is InChI=1S/C12H24N2/c1-10(2)11(7-13)8-14(6)9-12(3,4)5/h10-11H,8-9H2,1-6H3. The summed E-state index contributed by atoms with van der Waals surface area (Å²) in [7, 11) is 2.10. The molecular weight excluding hydrogens is 172 g/mol. The summed E-state index contributed by atoms with van der Waals surface area (Å²) in [6.07, 6.45) is 0. The van der Waals surface area contributed by atoms with Gasteiger partial charge in [-0.25, -0.2) is 0 Å². The van der Waals surface area contributed by atoms with Gasteiger partial charge >= 0.3 is 0 Å². The maximum atomic E-state index is 8.97. The van der Waals surface area contributed by atoms with Crippen LogP contribution in [-0.2, 0) is 0 Å². The van der Waals surface area contributed by atoms with E-state index >= 15 is 0 Å². The number of hydrogen-bond donors (Lipinski definition) is 0. The van der Waals surface area contributed by atoms with Gasteiger partial charge < -0.3 is 4.90 Å². The third kappa shape index (κ3) is 5.99. The molecule has 1 atom stereocenters. The molecule has 0 spiro atoms. The summed E-state index contributed by atoms with van der Waals surface area (Å²) in [5.41, 5.74) is 0.311. The number of hydrogen-bond acceptors (Lipinski definition) is 2. The van der Waals surface area contributed by atoms with Crippen LogP contribution in [0.25, 0.3) is 0 Å². The summed E-state index contributed by atoms with van der Waals surface area (Å²) >= 11 is 0. The first-order valence-electron chi connectivity index (χ1n) is 5.34. The van der Waals surface area contributed by atoms with E-state index in [1.165, 1.54) is 0 Å². The van der Waals surface area contributed by atoms with E-state index in [4.69, 9.17) is 5.26 Å². The molecular formula is C12H24N2. The average molecular weight is 196 g/mol. The Labute approximate surface area is 88.9 Å². The summed E-state index contributed by atoms with van der Waals surface area (Å²) in [6.45, 7) is 12.8. The Morgan fingerprint density at radius 1 is 1.29 bits per heavy atom. The van der Waals surface area contributed by atoms with Crippen LogP contribution < -0.4 is 0 Å². The number of rotatable bonds is 4. The van der Waals surface area contributed by atoms with Crippen molar-refractivity contribution in [1.82, 2.24) is 4.90 Å². The summed E-state index contributed by atoms with van der Waals surface area (Å²) < 4.78 is 0. The van der Waals surface area contributed by atoms with Crippen LogP contribution >= 0.6 is 0 Å². The fourth-order valence-electron chi connectivity index (χ4n) is 1.61. The van der Waals surface area contributed by atoms with Crippen LogP contribution in [-0.4, -0.2) is 25.0 Å². The maximum Gasteiger partial charge on any atom is 0.0671 e. The fourth-order valence-corrected chi connectivity index (χ4v) is 1.61. The van der Waals surface area contributed by atoms with Crippen LogP contribution in [0.2, 0.25) is 0 Å². The topological polar surface area (TPSA) is 27.0 Å². The first-order valence-corrected chi connectivity index (χ1v) is 5.34.